The van der Waals surface area contributed by atoms with Crippen LogP contribution in [0.1, 0.15) is 16.7 Å². The highest BCUT2D eigenvalue weighted by Gasteiger charge is 2.29. The van der Waals surface area contributed by atoms with Gasteiger partial charge in [-0.25, -0.2) is 9.59 Å². The van der Waals surface area contributed by atoms with Gasteiger partial charge in [0.25, 0.3) is 0 Å². The summed E-state index contributed by atoms with van der Waals surface area (Å²) < 4.78 is 15.3. The zero-order valence-corrected chi connectivity index (χ0v) is 19.0. The van der Waals surface area contributed by atoms with E-state index in [2.05, 4.69) is 0 Å². The Kier molecular flexibility index (Phi) is 8.24. The van der Waals surface area contributed by atoms with E-state index in [1.807, 2.05) is 77.7 Å². The molecule has 0 fully saturated rings. The first kappa shape index (κ1) is 23.6. The Bertz CT molecular complexity index is 1030. The van der Waals surface area contributed by atoms with Gasteiger partial charge in [-0.15, -0.1) is 0 Å². The van der Waals surface area contributed by atoms with Crippen LogP contribution in [0, 0.1) is 0 Å². The van der Waals surface area contributed by atoms with Gasteiger partial charge in [0.2, 0.25) is 0 Å². The lowest BCUT2D eigenvalue weighted by atomic mass is 10.0. The Balaban J connectivity index is 2.23. The van der Waals surface area contributed by atoms with Crippen molar-refractivity contribution in [1.82, 2.24) is 4.90 Å². The summed E-state index contributed by atoms with van der Waals surface area (Å²) in [7, 11) is 4.07. The third-order valence-corrected chi connectivity index (χ3v) is 5.13. The summed E-state index contributed by atoms with van der Waals surface area (Å²) in [6.07, 6.45) is 0. The molecule has 0 aliphatic carbocycles. The van der Waals surface area contributed by atoms with E-state index in [1.54, 1.807) is 19.2 Å². The Hall–Kier alpha value is -4.06. The van der Waals surface area contributed by atoms with Gasteiger partial charge in [0.05, 0.1) is 27.0 Å². The molecule has 33 heavy (non-hydrogen) atoms. The number of carbonyl (C=O) groups excluding carboxylic acids is 2. The molecule has 0 radical (unpaired) electrons. The van der Waals surface area contributed by atoms with E-state index >= 15 is 0 Å². The highest BCUT2D eigenvalue weighted by atomic mass is 16.5. The Morgan fingerprint density at radius 1 is 0.667 bits per heavy atom. The highest BCUT2D eigenvalue weighted by molar-refractivity contribution is 6.19. The molecule has 170 valence electrons. The van der Waals surface area contributed by atoms with Crippen LogP contribution >= 0.6 is 0 Å². The van der Waals surface area contributed by atoms with Crippen LogP contribution in [0.5, 0.6) is 5.75 Å². The largest absolute Gasteiger partial charge is 0.497 e. The zero-order valence-electron chi connectivity index (χ0n) is 19.0. The van der Waals surface area contributed by atoms with Gasteiger partial charge in [0.15, 0.2) is 5.57 Å². The van der Waals surface area contributed by atoms with E-state index in [9.17, 15) is 9.59 Å². The summed E-state index contributed by atoms with van der Waals surface area (Å²) in [5, 5.41) is 0. The predicted molar refractivity (Wildman–Crippen MR) is 126 cm³/mol. The second kappa shape index (κ2) is 11.5. The van der Waals surface area contributed by atoms with Crippen molar-refractivity contribution in [1.29, 1.82) is 0 Å². The van der Waals surface area contributed by atoms with Crippen molar-refractivity contribution >= 4 is 17.6 Å². The minimum atomic E-state index is -0.765. The molecule has 6 nitrogen and oxygen atoms in total. The minimum absolute atomic E-state index is 0.169. The summed E-state index contributed by atoms with van der Waals surface area (Å²) >= 11 is 0. The third kappa shape index (κ3) is 6.01. The number of benzene rings is 3. The average molecular weight is 446 g/mol. The van der Waals surface area contributed by atoms with Gasteiger partial charge in [0, 0.05) is 13.1 Å². The number of hydrogen-bond acceptors (Lipinski definition) is 6. The number of hydrogen-bond donors (Lipinski definition) is 0. The molecule has 0 amide bonds. The van der Waals surface area contributed by atoms with Gasteiger partial charge < -0.3 is 19.1 Å². The second-order valence-electron chi connectivity index (χ2n) is 7.26. The van der Waals surface area contributed by atoms with Gasteiger partial charge in [-0.2, -0.15) is 0 Å². The molecule has 0 aliphatic heterocycles. The van der Waals surface area contributed by atoms with Crippen LogP contribution in [-0.2, 0) is 32.2 Å². The van der Waals surface area contributed by atoms with E-state index in [1.165, 1.54) is 14.2 Å². The molecule has 0 aliphatic rings. The van der Waals surface area contributed by atoms with Gasteiger partial charge >= 0.3 is 11.9 Å². The molecule has 3 aromatic rings. The van der Waals surface area contributed by atoms with Crippen LogP contribution < -0.4 is 4.74 Å². The lowest BCUT2D eigenvalue weighted by molar-refractivity contribution is -0.144. The third-order valence-electron chi connectivity index (χ3n) is 5.13. The molecule has 0 atom stereocenters. The van der Waals surface area contributed by atoms with Crippen molar-refractivity contribution in [3.63, 3.8) is 0 Å². The molecule has 0 spiro atoms. The molecule has 0 unspecified atom stereocenters. The molecular weight excluding hydrogens is 418 g/mol. The Labute approximate surface area is 194 Å². The van der Waals surface area contributed by atoms with Crippen LogP contribution in [0.2, 0.25) is 0 Å². The summed E-state index contributed by atoms with van der Waals surface area (Å²) in [5.74, 6) is -0.869. The van der Waals surface area contributed by atoms with Gasteiger partial charge in [-0.05, 0) is 41.0 Å². The van der Waals surface area contributed by atoms with Crippen LogP contribution in [0.25, 0.3) is 5.70 Å². The molecular formula is C27H27NO5. The first-order chi connectivity index (χ1) is 16.1. The van der Waals surface area contributed by atoms with Crippen molar-refractivity contribution in [2.75, 3.05) is 21.3 Å². The van der Waals surface area contributed by atoms with Crippen molar-refractivity contribution < 1.29 is 23.8 Å². The molecule has 0 bridgehead atoms. The van der Waals surface area contributed by atoms with Gasteiger partial charge in [-0.3, -0.25) is 0 Å². The average Bonchev–Trinajstić information content (AvgIpc) is 2.87. The van der Waals surface area contributed by atoms with Crippen LogP contribution in [0.4, 0.5) is 0 Å². The fourth-order valence-corrected chi connectivity index (χ4v) is 3.54. The van der Waals surface area contributed by atoms with E-state index in [-0.39, 0.29) is 5.57 Å². The maximum absolute atomic E-state index is 12.8. The maximum Gasteiger partial charge on any atom is 0.347 e. The molecule has 0 saturated carbocycles. The fraction of sp³-hybridized carbons (Fsp3) is 0.185. The zero-order chi connectivity index (χ0) is 23.6. The number of ether oxygens (including phenoxy) is 3. The first-order valence-corrected chi connectivity index (χ1v) is 10.5. The standard InChI is InChI=1S/C27H27NO5/c1-31-23-16-14-22(15-17-23)25(24(26(29)32-2)27(30)33-3)28(18-20-10-6-4-7-11-20)19-21-12-8-5-9-13-21/h4-17H,18-19H2,1-3H3. The van der Waals surface area contributed by atoms with E-state index in [0.717, 1.165) is 11.1 Å². The monoisotopic (exact) mass is 445 g/mol. The Morgan fingerprint density at radius 3 is 1.52 bits per heavy atom. The molecule has 0 saturated heterocycles. The smallest absolute Gasteiger partial charge is 0.347 e. The lowest BCUT2D eigenvalue weighted by Gasteiger charge is -2.30. The normalized spacial score (nSPS) is 10.2. The Morgan fingerprint density at radius 2 is 1.12 bits per heavy atom. The van der Waals surface area contributed by atoms with Crippen LogP contribution in [-0.4, -0.2) is 38.2 Å². The number of nitrogens with zero attached hydrogens (tertiary/aromatic N) is 1. The van der Waals surface area contributed by atoms with Crippen LogP contribution in [0.15, 0.2) is 90.5 Å². The quantitative estimate of drug-likeness (QED) is 0.210. The summed E-state index contributed by atoms with van der Waals surface area (Å²) in [4.78, 5) is 27.6. The summed E-state index contributed by atoms with van der Waals surface area (Å²) in [6, 6.07) is 26.9. The molecule has 0 heterocycles. The van der Waals surface area contributed by atoms with Crippen molar-refractivity contribution in [2.45, 2.75) is 13.1 Å². The lowest BCUT2D eigenvalue weighted by Crippen LogP contribution is -2.28. The molecule has 3 aromatic carbocycles. The van der Waals surface area contributed by atoms with Crippen LogP contribution in [0.3, 0.4) is 0 Å². The summed E-state index contributed by atoms with van der Waals surface area (Å²) in [5.41, 5.74) is 2.96. The molecule has 0 aromatic heterocycles. The van der Waals surface area contributed by atoms with E-state index in [4.69, 9.17) is 14.2 Å². The number of carbonyl (C=O) groups is 2. The van der Waals surface area contributed by atoms with E-state index < -0.39 is 11.9 Å². The molecule has 0 N–H and O–H groups in total. The van der Waals surface area contributed by atoms with Gasteiger partial charge in [-0.1, -0.05) is 60.7 Å². The van der Waals surface area contributed by atoms with Crippen molar-refractivity contribution in [3.05, 3.63) is 107 Å². The second-order valence-corrected chi connectivity index (χ2v) is 7.26. The molecule has 3 rings (SSSR count). The fourth-order valence-electron chi connectivity index (χ4n) is 3.54. The SMILES string of the molecule is COC(=O)C(C(=O)OC)=C(c1ccc(OC)cc1)N(Cc1ccccc1)Cc1ccccc1. The first-order valence-electron chi connectivity index (χ1n) is 10.5. The van der Waals surface area contributed by atoms with Crippen molar-refractivity contribution in [3.8, 4) is 5.75 Å². The topological polar surface area (TPSA) is 65.1 Å². The number of rotatable bonds is 9. The highest BCUT2D eigenvalue weighted by Crippen LogP contribution is 2.30. The number of methoxy groups -OCH3 is 3. The molecule has 6 heteroatoms. The van der Waals surface area contributed by atoms with Gasteiger partial charge in [0.1, 0.15) is 5.75 Å². The number of esters is 2. The van der Waals surface area contributed by atoms with Crippen molar-refractivity contribution in [2.24, 2.45) is 0 Å². The predicted octanol–water partition coefficient (Wildman–Crippen LogP) is 4.45. The van der Waals surface area contributed by atoms with E-state index in [0.29, 0.717) is 30.1 Å². The summed E-state index contributed by atoms with van der Waals surface area (Å²) in [6.45, 7) is 0.906. The minimum Gasteiger partial charge on any atom is -0.497 e. The maximum atomic E-state index is 12.8.